The highest BCUT2D eigenvalue weighted by atomic mass is 16.7. The minimum absolute atomic E-state index is 0.179. The molecular formula is C41H72NO8+. The molecule has 0 aromatic carbocycles. The van der Waals surface area contributed by atoms with Crippen molar-refractivity contribution in [1.29, 1.82) is 0 Å². The number of carboxylic acid groups (broad SMARTS) is 1. The number of nitrogens with zero attached hydrogens (tertiary/aromatic N) is 1. The van der Waals surface area contributed by atoms with E-state index in [1.165, 1.54) is 44.9 Å². The Kier molecular flexibility index (Phi) is 31.6. The molecule has 0 rings (SSSR count). The summed E-state index contributed by atoms with van der Waals surface area (Å²) in [5, 5.41) is 9.58. The monoisotopic (exact) mass is 707 g/mol. The second-order valence-electron chi connectivity index (χ2n) is 13.9. The first-order chi connectivity index (χ1) is 24.1. The molecule has 0 spiro atoms. The highest BCUT2D eigenvalue weighted by Gasteiger charge is 2.25. The summed E-state index contributed by atoms with van der Waals surface area (Å²) in [5.41, 5.74) is 0. The number of likely N-dealkylation sites (N-methyl/N-ethyl adjacent to an activating group) is 1. The first-order valence-corrected chi connectivity index (χ1v) is 19.3. The van der Waals surface area contributed by atoms with Crippen molar-refractivity contribution in [2.24, 2.45) is 0 Å². The van der Waals surface area contributed by atoms with E-state index in [1.807, 2.05) is 21.1 Å². The highest BCUT2D eigenvalue weighted by molar-refractivity contribution is 5.71. The third-order valence-corrected chi connectivity index (χ3v) is 7.85. The van der Waals surface area contributed by atoms with Gasteiger partial charge in [0.05, 0.1) is 34.4 Å². The maximum atomic E-state index is 12.7. The number of quaternary nitrogens is 1. The van der Waals surface area contributed by atoms with Gasteiger partial charge in [-0.1, -0.05) is 120 Å². The molecule has 0 aliphatic carbocycles. The lowest BCUT2D eigenvalue weighted by atomic mass is 10.1. The molecule has 2 atom stereocenters. The topological polar surface area (TPSA) is 108 Å². The molecule has 0 bridgehead atoms. The largest absolute Gasteiger partial charge is 0.477 e. The zero-order valence-electron chi connectivity index (χ0n) is 32.3. The number of rotatable bonds is 34. The number of hydrogen-bond donors (Lipinski definition) is 1. The number of ether oxygens (including phenoxy) is 4. The van der Waals surface area contributed by atoms with Crippen molar-refractivity contribution in [3.63, 3.8) is 0 Å². The van der Waals surface area contributed by atoms with Gasteiger partial charge in [0.2, 0.25) is 0 Å². The summed E-state index contributed by atoms with van der Waals surface area (Å²) in [7, 11) is 5.92. The van der Waals surface area contributed by atoms with Gasteiger partial charge in [0, 0.05) is 12.8 Å². The fourth-order valence-electron chi connectivity index (χ4n) is 4.82. The van der Waals surface area contributed by atoms with Gasteiger partial charge in [0.25, 0.3) is 6.29 Å². The summed E-state index contributed by atoms with van der Waals surface area (Å²) in [6, 6.07) is 0. The summed E-state index contributed by atoms with van der Waals surface area (Å²) in [6.07, 6.45) is 33.2. The number of carbonyl (C=O) groups excluding carboxylic acids is 2. The van der Waals surface area contributed by atoms with Crippen LogP contribution in [0, 0.1) is 0 Å². The first-order valence-electron chi connectivity index (χ1n) is 19.3. The van der Waals surface area contributed by atoms with Crippen molar-refractivity contribution in [3.8, 4) is 0 Å². The Morgan fingerprint density at radius 2 is 1.14 bits per heavy atom. The summed E-state index contributed by atoms with van der Waals surface area (Å²) in [6.45, 7) is 4.66. The number of hydrogen-bond acceptors (Lipinski definition) is 7. The van der Waals surface area contributed by atoms with Gasteiger partial charge in [-0.15, -0.1) is 0 Å². The fourth-order valence-corrected chi connectivity index (χ4v) is 4.82. The lowest BCUT2D eigenvalue weighted by molar-refractivity contribution is -0.870. The molecule has 0 aliphatic heterocycles. The summed E-state index contributed by atoms with van der Waals surface area (Å²) < 4.78 is 22.5. The summed E-state index contributed by atoms with van der Waals surface area (Å²) >= 11 is 0. The Balaban J connectivity index is 4.63. The molecule has 9 nitrogen and oxygen atoms in total. The summed E-state index contributed by atoms with van der Waals surface area (Å²) in [4.78, 5) is 36.8. The molecule has 0 radical (unpaired) electrons. The minimum atomic E-state index is -1.52. The SMILES string of the molecule is CC/C=C\C/C=C\C/C=C\C/C=C\CCCCC(=O)OC(COC(=O)CCCCCCCCCCCC)COC(OCC[N+](C)(C)C)C(=O)O. The van der Waals surface area contributed by atoms with Crippen LogP contribution in [-0.4, -0.2) is 87.4 Å². The van der Waals surface area contributed by atoms with Gasteiger partial charge < -0.3 is 28.5 Å². The zero-order chi connectivity index (χ0) is 37.1. The van der Waals surface area contributed by atoms with E-state index in [4.69, 9.17) is 18.9 Å². The number of carboxylic acids is 1. The number of unbranched alkanes of at least 4 members (excludes halogenated alkanes) is 11. The van der Waals surface area contributed by atoms with Crippen molar-refractivity contribution in [3.05, 3.63) is 48.6 Å². The minimum Gasteiger partial charge on any atom is -0.477 e. The van der Waals surface area contributed by atoms with Crippen LogP contribution in [0.25, 0.3) is 0 Å². The van der Waals surface area contributed by atoms with Gasteiger partial charge in [-0.3, -0.25) is 9.59 Å². The Hall–Kier alpha value is -2.75. The third kappa shape index (κ3) is 33.7. The third-order valence-electron chi connectivity index (χ3n) is 7.85. The molecule has 50 heavy (non-hydrogen) atoms. The van der Waals surface area contributed by atoms with Gasteiger partial charge in [-0.05, 0) is 51.4 Å². The average Bonchev–Trinajstić information content (AvgIpc) is 3.06. The van der Waals surface area contributed by atoms with E-state index < -0.39 is 24.3 Å². The van der Waals surface area contributed by atoms with Crippen LogP contribution < -0.4 is 0 Å². The van der Waals surface area contributed by atoms with E-state index in [0.717, 1.165) is 57.8 Å². The van der Waals surface area contributed by atoms with Crippen molar-refractivity contribution in [2.45, 2.75) is 148 Å². The van der Waals surface area contributed by atoms with Crippen molar-refractivity contribution >= 4 is 17.9 Å². The van der Waals surface area contributed by atoms with E-state index in [9.17, 15) is 19.5 Å². The van der Waals surface area contributed by atoms with E-state index in [0.29, 0.717) is 23.9 Å². The van der Waals surface area contributed by atoms with Crippen LogP contribution in [0.4, 0.5) is 0 Å². The predicted octanol–water partition coefficient (Wildman–Crippen LogP) is 9.27. The van der Waals surface area contributed by atoms with Crippen molar-refractivity contribution in [2.75, 3.05) is 47.5 Å². The van der Waals surface area contributed by atoms with Crippen molar-refractivity contribution < 1.29 is 42.9 Å². The van der Waals surface area contributed by atoms with Gasteiger partial charge >= 0.3 is 17.9 Å². The fraction of sp³-hybridized carbons (Fsp3) is 0.732. The molecule has 0 saturated heterocycles. The maximum Gasteiger partial charge on any atom is 0.361 e. The molecule has 2 unspecified atom stereocenters. The second kappa shape index (κ2) is 33.4. The first kappa shape index (κ1) is 47.2. The number of carbonyl (C=O) groups is 3. The average molecular weight is 707 g/mol. The molecule has 0 aliphatic rings. The van der Waals surface area contributed by atoms with Gasteiger partial charge in [-0.2, -0.15) is 0 Å². The van der Waals surface area contributed by atoms with Gasteiger partial charge in [0.15, 0.2) is 6.10 Å². The molecule has 0 aromatic rings. The molecule has 0 aromatic heterocycles. The van der Waals surface area contributed by atoms with Crippen LogP contribution in [0.3, 0.4) is 0 Å². The highest BCUT2D eigenvalue weighted by Crippen LogP contribution is 2.12. The van der Waals surface area contributed by atoms with E-state index >= 15 is 0 Å². The van der Waals surface area contributed by atoms with Crippen LogP contribution in [0.15, 0.2) is 48.6 Å². The number of aliphatic carboxylic acids is 1. The second-order valence-corrected chi connectivity index (χ2v) is 13.9. The van der Waals surface area contributed by atoms with E-state index in [1.54, 1.807) is 0 Å². The Bertz CT molecular complexity index is 966. The molecule has 0 saturated carbocycles. The van der Waals surface area contributed by atoms with Gasteiger partial charge in [-0.25, -0.2) is 4.79 Å². The quantitative estimate of drug-likeness (QED) is 0.0232. The molecular weight excluding hydrogens is 634 g/mol. The van der Waals surface area contributed by atoms with E-state index in [-0.39, 0.29) is 32.2 Å². The standard InChI is InChI=1S/C41H71NO8/c1-6-8-10-12-14-16-18-19-20-21-22-24-26-28-30-32-39(44)50-37(36-49-41(40(45)46)47-34-33-42(3,4)5)35-48-38(43)31-29-27-25-23-17-15-13-11-9-7-2/h8,10,14,16,19-20,22,24,37,41H,6-7,9,11-13,15,17-18,21,23,25-36H2,1-5H3/p+1/b10-8-,16-14-,20-19-,24-22-. The van der Waals surface area contributed by atoms with E-state index in [2.05, 4.69) is 62.5 Å². The number of esters is 2. The van der Waals surface area contributed by atoms with Crippen LogP contribution in [0.2, 0.25) is 0 Å². The lowest BCUT2D eigenvalue weighted by Gasteiger charge is -2.25. The van der Waals surface area contributed by atoms with Gasteiger partial charge in [0.1, 0.15) is 13.2 Å². The lowest BCUT2D eigenvalue weighted by Crippen LogP contribution is -2.40. The zero-order valence-corrected chi connectivity index (χ0v) is 32.3. The molecule has 0 amide bonds. The van der Waals surface area contributed by atoms with Crippen LogP contribution in [0.5, 0.6) is 0 Å². The van der Waals surface area contributed by atoms with Crippen LogP contribution in [0.1, 0.15) is 136 Å². The predicted molar refractivity (Wildman–Crippen MR) is 203 cm³/mol. The molecule has 1 N–H and O–H groups in total. The number of allylic oxidation sites excluding steroid dienone is 8. The Morgan fingerprint density at radius 1 is 0.620 bits per heavy atom. The van der Waals surface area contributed by atoms with Crippen LogP contribution >= 0.6 is 0 Å². The van der Waals surface area contributed by atoms with Crippen LogP contribution in [-0.2, 0) is 33.3 Å². The molecule has 9 heteroatoms. The maximum absolute atomic E-state index is 12.7. The molecule has 0 fully saturated rings. The normalized spacial score (nSPS) is 13.5. The Morgan fingerprint density at radius 3 is 1.70 bits per heavy atom. The molecule has 0 heterocycles. The molecule has 288 valence electrons. The smallest absolute Gasteiger partial charge is 0.361 e. The summed E-state index contributed by atoms with van der Waals surface area (Å²) in [5.74, 6) is -2.07. The Labute approximate surface area is 304 Å². The van der Waals surface area contributed by atoms with Crippen molar-refractivity contribution in [1.82, 2.24) is 0 Å².